The summed E-state index contributed by atoms with van der Waals surface area (Å²) in [4.78, 5) is 22.7. The number of ether oxygens (including phenoxy) is 1. The van der Waals surface area contributed by atoms with Crippen molar-refractivity contribution in [3.05, 3.63) is 29.8 Å². The molecule has 0 aliphatic heterocycles. The van der Waals surface area contributed by atoms with Gasteiger partial charge in [0.2, 0.25) is 0 Å². The highest BCUT2D eigenvalue weighted by Crippen LogP contribution is 2.32. The number of benzene rings is 1. The second-order valence-corrected chi connectivity index (χ2v) is 6.48. The van der Waals surface area contributed by atoms with Crippen LogP contribution in [0.1, 0.15) is 58.4 Å². The molecule has 1 aromatic rings. The van der Waals surface area contributed by atoms with E-state index in [0.29, 0.717) is 17.7 Å². The molecule has 1 unspecified atom stereocenters. The Kier molecular flexibility index (Phi) is 5.94. The molecule has 0 bridgehead atoms. The van der Waals surface area contributed by atoms with Gasteiger partial charge in [-0.15, -0.1) is 0 Å². The third kappa shape index (κ3) is 5.98. The van der Waals surface area contributed by atoms with Gasteiger partial charge in [-0.25, -0.2) is 0 Å². The van der Waals surface area contributed by atoms with E-state index in [9.17, 15) is 14.7 Å². The van der Waals surface area contributed by atoms with Crippen LogP contribution in [0.5, 0.6) is 5.75 Å². The van der Waals surface area contributed by atoms with Gasteiger partial charge in [-0.1, -0.05) is 45.4 Å². The molecular formula is C17H24O4. The third-order valence-corrected chi connectivity index (χ3v) is 3.27. The highest BCUT2D eigenvalue weighted by Gasteiger charge is 2.24. The van der Waals surface area contributed by atoms with Gasteiger partial charge in [0, 0.05) is 12.5 Å². The molecule has 4 nitrogen and oxygen atoms in total. The summed E-state index contributed by atoms with van der Waals surface area (Å²) in [6, 6.07) is 6.85. The molecule has 1 aromatic carbocycles. The van der Waals surface area contributed by atoms with Crippen LogP contribution in [0, 0.1) is 5.41 Å². The van der Waals surface area contributed by atoms with Crippen molar-refractivity contribution in [1.29, 1.82) is 0 Å². The van der Waals surface area contributed by atoms with Crippen LogP contribution in [0.15, 0.2) is 24.3 Å². The van der Waals surface area contributed by atoms with Crippen LogP contribution in [-0.4, -0.2) is 17.0 Å². The Morgan fingerprint density at radius 1 is 1.24 bits per heavy atom. The van der Waals surface area contributed by atoms with Gasteiger partial charge in [0.15, 0.2) is 0 Å². The van der Waals surface area contributed by atoms with Gasteiger partial charge < -0.3 is 9.84 Å². The zero-order valence-corrected chi connectivity index (χ0v) is 13.2. The summed E-state index contributed by atoms with van der Waals surface area (Å²) in [5.74, 6) is -1.64. The SMILES string of the molecule is CC(=O)Oc1ccccc1C(CCCC(C)(C)C)C(=O)O. The van der Waals surface area contributed by atoms with Crippen LogP contribution >= 0.6 is 0 Å². The van der Waals surface area contributed by atoms with Crippen molar-refractivity contribution in [3.8, 4) is 5.75 Å². The summed E-state index contributed by atoms with van der Waals surface area (Å²) in [6.45, 7) is 7.72. The maximum atomic E-state index is 11.6. The molecule has 0 aliphatic rings. The Morgan fingerprint density at radius 3 is 2.38 bits per heavy atom. The van der Waals surface area contributed by atoms with Crippen molar-refractivity contribution in [2.75, 3.05) is 0 Å². The van der Waals surface area contributed by atoms with Gasteiger partial charge in [-0.2, -0.15) is 0 Å². The van der Waals surface area contributed by atoms with Crippen LogP contribution in [0.3, 0.4) is 0 Å². The first kappa shape index (κ1) is 17.2. The molecule has 1 atom stereocenters. The number of aliphatic carboxylic acids is 1. The fourth-order valence-corrected chi connectivity index (χ4v) is 2.26. The predicted octanol–water partition coefficient (Wildman–Crippen LogP) is 4.00. The smallest absolute Gasteiger partial charge is 0.311 e. The quantitative estimate of drug-likeness (QED) is 0.636. The second-order valence-electron chi connectivity index (χ2n) is 6.48. The lowest BCUT2D eigenvalue weighted by molar-refractivity contribution is -0.139. The van der Waals surface area contributed by atoms with Crippen molar-refractivity contribution in [2.24, 2.45) is 5.41 Å². The van der Waals surface area contributed by atoms with E-state index in [1.807, 2.05) is 0 Å². The minimum absolute atomic E-state index is 0.179. The number of hydrogen-bond donors (Lipinski definition) is 1. The fraction of sp³-hybridized carbons (Fsp3) is 0.529. The fourth-order valence-electron chi connectivity index (χ4n) is 2.26. The Morgan fingerprint density at radius 2 is 1.86 bits per heavy atom. The summed E-state index contributed by atoms with van der Waals surface area (Å²) in [6.07, 6.45) is 2.30. The minimum atomic E-state index is -0.886. The van der Waals surface area contributed by atoms with E-state index >= 15 is 0 Å². The molecule has 1 N–H and O–H groups in total. The lowest BCUT2D eigenvalue weighted by atomic mass is 9.86. The number of carboxylic acids is 1. The first-order chi connectivity index (χ1) is 9.70. The summed E-state index contributed by atoms with van der Waals surface area (Å²) in [7, 11) is 0. The van der Waals surface area contributed by atoms with Crippen molar-refractivity contribution in [3.63, 3.8) is 0 Å². The molecule has 0 aliphatic carbocycles. The lowest BCUT2D eigenvalue weighted by Gasteiger charge is -2.20. The predicted molar refractivity (Wildman–Crippen MR) is 81.4 cm³/mol. The maximum Gasteiger partial charge on any atom is 0.311 e. The molecule has 0 heterocycles. The molecule has 0 saturated heterocycles. The van der Waals surface area contributed by atoms with Crippen molar-refractivity contribution in [1.82, 2.24) is 0 Å². The van der Waals surface area contributed by atoms with Gasteiger partial charge >= 0.3 is 11.9 Å². The van der Waals surface area contributed by atoms with Crippen LogP contribution in [0.4, 0.5) is 0 Å². The highest BCUT2D eigenvalue weighted by molar-refractivity contribution is 5.78. The van der Waals surface area contributed by atoms with Gasteiger partial charge in [0.1, 0.15) is 5.75 Å². The molecule has 0 saturated carbocycles. The summed E-state index contributed by atoms with van der Waals surface area (Å²) in [5, 5.41) is 9.47. The normalized spacial score (nSPS) is 12.8. The van der Waals surface area contributed by atoms with E-state index < -0.39 is 17.9 Å². The van der Waals surface area contributed by atoms with Crippen LogP contribution < -0.4 is 4.74 Å². The van der Waals surface area contributed by atoms with Gasteiger partial charge in [-0.05, 0) is 24.3 Å². The summed E-state index contributed by atoms with van der Waals surface area (Å²) < 4.78 is 5.12. The summed E-state index contributed by atoms with van der Waals surface area (Å²) >= 11 is 0. The second kappa shape index (κ2) is 7.25. The first-order valence-electron chi connectivity index (χ1n) is 7.21. The number of carbonyl (C=O) groups excluding carboxylic acids is 1. The molecule has 0 fully saturated rings. The van der Waals surface area contributed by atoms with Crippen LogP contribution in [-0.2, 0) is 9.59 Å². The first-order valence-corrected chi connectivity index (χ1v) is 7.21. The van der Waals surface area contributed by atoms with Crippen LogP contribution in [0.2, 0.25) is 0 Å². The summed E-state index contributed by atoms with van der Waals surface area (Å²) in [5.41, 5.74) is 0.743. The zero-order valence-electron chi connectivity index (χ0n) is 13.2. The van der Waals surface area contributed by atoms with E-state index in [1.54, 1.807) is 24.3 Å². The molecule has 1 rings (SSSR count). The molecule has 0 amide bonds. The van der Waals surface area contributed by atoms with E-state index in [-0.39, 0.29) is 5.41 Å². The van der Waals surface area contributed by atoms with E-state index in [4.69, 9.17) is 4.74 Å². The highest BCUT2D eigenvalue weighted by atomic mass is 16.5. The van der Waals surface area contributed by atoms with Crippen molar-refractivity contribution >= 4 is 11.9 Å². The topological polar surface area (TPSA) is 63.6 Å². The molecule has 0 spiro atoms. The minimum Gasteiger partial charge on any atom is -0.481 e. The largest absolute Gasteiger partial charge is 0.481 e. The zero-order chi connectivity index (χ0) is 16.0. The molecular weight excluding hydrogens is 268 g/mol. The lowest BCUT2D eigenvalue weighted by Crippen LogP contribution is -2.15. The monoisotopic (exact) mass is 292 g/mol. The number of carboxylic acid groups (broad SMARTS) is 1. The van der Waals surface area contributed by atoms with E-state index in [2.05, 4.69) is 20.8 Å². The Hall–Kier alpha value is -1.84. The van der Waals surface area contributed by atoms with E-state index in [1.165, 1.54) is 6.92 Å². The standard InChI is InChI=1S/C17H24O4/c1-12(18)21-15-10-6-5-8-13(15)14(16(19)20)9-7-11-17(2,3)4/h5-6,8,10,14H,7,9,11H2,1-4H3,(H,19,20). The van der Waals surface area contributed by atoms with Gasteiger partial charge in [0.25, 0.3) is 0 Å². The van der Waals surface area contributed by atoms with Crippen molar-refractivity contribution in [2.45, 2.75) is 52.9 Å². The van der Waals surface area contributed by atoms with Crippen molar-refractivity contribution < 1.29 is 19.4 Å². The number of hydrogen-bond acceptors (Lipinski definition) is 3. The molecule has 0 radical (unpaired) electrons. The Balaban J connectivity index is 2.90. The van der Waals surface area contributed by atoms with Gasteiger partial charge in [0.05, 0.1) is 5.92 Å². The average molecular weight is 292 g/mol. The molecule has 21 heavy (non-hydrogen) atoms. The van der Waals surface area contributed by atoms with E-state index in [0.717, 1.165) is 12.8 Å². The molecule has 0 aromatic heterocycles. The molecule has 4 heteroatoms. The van der Waals surface area contributed by atoms with Gasteiger partial charge in [-0.3, -0.25) is 9.59 Å². The number of rotatable bonds is 6. The average Bonchev–Trinajstić information content (AvgIpc) is 2.33. The van der Waals surface area contributed by atoms with Crippen LogP contribution in [0.25, 0.3) is 0 Å². The molecule has 116 valence electrons. The Labute approximate surface area is 126 Å². The Bertz CT molecular complexity index is 500. The maximum absolute atomic E-state index is 11.6. The number of esters is 1. The third-order valence-electron chi connectivity index (χ3n) is 3.27. The number of para-hydroxylation sites is 1. The number of carbonyl (C=O) groups is 2.